The molecule has 0 aliphatic heterocycles. The molecule has 0 fully saturated rings. The van der Waals surface area contributed by atoms with E-state index in [1.54, 1.807) is 6.92 Å². The van der Waals surface area contributed by atoms with Gasteiger partial charge in [0.1, 0.15) is 18.1 Å². The Morgan fingerprint density at radius 2 is 1.68 bits per heavy atom. The second kappa shape index (κ2) is 14.1. The summed E-state index contributed by atoms with van der Waals surface area (Å²) >= 11 is 0. The average molecular weight is 446 g/mol. The molecule has 178 valence electrons. The lowest BCUT2D eigenvalue weighted by atomic mass is 9.97. The summed E-state index contributed by atoms with van der Waals surface area (Å²) in [6, 6.07) is -3.40. The van der Waals surface area contributed by atoms with Crippen molar-refractivity contribution in [2.45, 2.75) is 64.3 Å². The summed E-state index contributed by atoms with van der Waals surface area (Å²) in [7, 11) is 0. The molecule has 0 rings (SSSR count). The van der Waals surface area contributed by atoms with E-state index in [0.717, 1.165) is 0 Å². The number of hydrogen-bond acceptors (Lipinski definition) is 7. The van der Waals surface area contributed by atoms with Crippen LogP contribution < -0.4 is 33.2 Å². The standard InChI is InChI=1S/C18H35N7O6/c1-4-9(2)14(25-12(27)8-23-15(28)13(19)10(3)26)16(29)24-11(17(30)31)6-5-7-22-18(20)21/h9-11,13-14,26H,4-8,19H2,1-3H3,(H,23,28)(H,24,29)(H,25,27)(H,30,31)(H4,20,21,22). The zero-order chi connectivity index (χ0) is 24.1. The maximum absolute atomic E-state index is 12.7. The van der Waals surface area contributed by atoms with Crippen molar-refractivity contribution in [2.75, 3.05) is 13.1 Å². The quantitative estimate of drug-likeness (QED) is 0.0769. The number of aliphatic carboxylic acids is 1. The first-order valence-corrected chi connectivity index (χ1v) is 9.99. The van der Waals surface area contributed by atoms with Gasteiger partial charge in [-0.05, 0) is 25.7 Å². The number of carbonyl (C=O) groups excluding carboxylic acids is 3. The van der Waals surface area contributed by atoms with Gasteiger partial charge in [-0.3, -0.25) is 19.4 Å². The number of carbonyl (C=O) groups is 4. The van der Waals surface area contributed by atoms with Gasteiger partial charge in [0.25, 0.3) is 0 Å². The number of aliphatic hydroxyl groups is 1. The van der Waals surface area contributed by atoms with Crippen molar-refractivity contribution in [3.05, 3.63) is 0 Å². The van der Waals surface area contributed by atoms with Gasteiger partial charge in [-0.1, -0.05) is 20.3 Å². The fourth-order valence-corrected chi connectivity index (χ4v) is 2.45. The number of aliphatic imine (C=N–C) groups is 1. The van der Waals surface area contributed by atoms with Crippen molar-refractivity contribution in [3.8, 4) is 0 Å². The van der Waals surface area contributed by atoms with E-state index in [4.69, 9.17) is 17.2 Å². The minimum Gasteiger partial charge on any atom is -0.480 e. The number of carboxylic acid groups (broad SMARTS) is 1. The Hall–Kier alpha value is -2.93. The van der Waals surface area contributed by atoms with Crippen molar-refractivity contribution in [1.29, 1.82) is 0 Å². The summed E-state index contributed by atoms with van der Waals surface area (Å²) in [5, 5.41) is 25.9. The number of rotatable bonds is 14. The highest BCUT2D eigenvalue weighted by Crippen LogP contribution is 2.09. The topological polar surface area (TPSA) is 235 Å². The molecule has 31 heavy (non-hydrogen) atoms. The Morgan fingerprint density at radius 3 is 2.16 bits per heavy atom. The number of nitrogens with one attached hydrogen (secondary N) is 3. The minimum atomic E-state index is -1.23. The first kappa shape index (κ1) is 28.1. The van der Waals surface area contributed by atoms with Crippen molar-refractivity contribution in [2.24, 2.45) is 28.1 Å². The molecular formula is C18H35N7O6. The normalized spacial score (nSPS) is 15.5. The van der Waals surface area contributed by atoms with Crippen LogP contribution in [0.2, 0.25) is 0 Å². The van der Waals surface area contributed by atoms with Crippen molar-refractivity contribution >= 4 is 29.7 Å². The highest BCUT2D eigenvalue weighted by Gasteiger charge is 2.30. The van der Waals surface area contributed by atoms with E-state index in [0.29, 0.717) is 12.8 Å². The molecule has 0 aliphatic rings. The highest BCUT2D eigenvalue weighted by molar-refractivity contribution is 5.92. The molecule has 0 spiro atoms. The van der Waals surface area contributed by atoms with Crippen molar-refractivity contribution < 1.29 is 29.4 Å². The number of carboxylic acids is 1. The zero-order valence-corrected chi connectivity index (χ0v) is 18.1. The molecule has 0 aromatic heterocycles. The third kappa shape index (κ3) is 11.1. The Labute approximate surface area is 181 Å². The number of hydrogen-bond donors (Lipinski definition) is 8. The molecule has 0 heterocycles. The summed E-state index contributed by atoms with van der Waals surface area (Å²) < 4.78 is 0. The van der Waals surface area contributed by atoms with Crippen LogP contribution in [-0.2, 0) is 19.2 Å². The fourth-order valence-electron chi connectivity index (χ4n) is 2.45. The van der Waals surface area contributed by atoms with Gasteiger partial charge in [0.15, 0.2) is 5.96 Å². The molecule has 5 atom stereocenters. The molecule has 0 aromatic carbocycles. The van der Waals surface area contributed by atoms with Crippen LogP contribution in [0.25, 0.3) is 0 Å². The SMILES string of the molecule is CCC(C)C(NC(=O)CNC(=O)C(N)C(C)O)C(=O)NC(CCCN=C(N)N)C(=O)O. The Bertz CT molecular complexity index is 651. The molecule has 5 unspecified atom stereocenters. The predicted molar refractivity (Wildman–Crippen MR) is 114 cm³/mol. The number of nitrogens with two attached hydrogens (primary N) is 3. The van der Waals surface area contributed by atoms with Crippen LogP contribution in [0.4, 0.5) is 0 Å². The van der Waals surface area contributed by atoms with E-state index in [2.05, 4.69) is 20.9 Å². The largest absolute Gasteiger partial charge is 0.480 e. The van der Waals surface area contributed by atoms with Crippen LogP contribution in [0.3, 0.4) is 0 Å². The van der Waals surface area contributed by atoms with Gasteiger partial charge < -0.3 is 43.4 Å². The maximum atomic E-state index is 12.7. The van der Waals surface area contributed by atoms with E-state index in [9.17, 15) is 29.4 Å². The molecule has 13 nitrogen and oxygen atoms in total. The molecular weight excluding hydrogens is 410 g/mol. The van der Waals surface area contributed by atoms with E-state index in [-0.39, 0.29) is 24.8 Å². The van der Waals surface area contributed by atoms with Gasteiger partial charge in [0.05, 0.1) is 12.6 Å². The Kier molecular flexibility index (Phi) is 12.8. The second-order valence-corrected chi connectivity index (χ2v) is 7.26. The lowest BCUT2D eigenvalue weighted by Crippen LogP contribution is -2.56. The van der Waals surface area contributed by atoms with Gasteiger partial charge in [-0.25, -0.2) is 4.79 Å². The number of nitrogens with zero attached hydrogens (tertiary/aromatic N) is 1. The summed E-state index contributed by atoms with van der Waals surface area (Å²) in [4.78, 5) is 51.9. The molecule has 0 saturated heterocycles. The first-order chi connectivity index (χ1) is 14.4. The third-order valence-electron chi connectivity index (χ3n) is 4.62. The number of aliphatic hydroxyl groups excluding tert-OH is 1. The third-order valence-corrected chi connectivity index (χ3v) is 4.62. The number of guanidine groups is 1. The highest BCUT2D eigenvalue weighted by atomic mass is 16.4. The van der Waals surface area contributed by atoms with Gasteiger partial charge in [0.2, 0.25) is 17.7 Å². The lowest BCUT2D eigenvalue weighted by molar-refractivity contribution is -0.142. The molecule has 11 N–H and O–H groups in total. The first-order valence-electron chi connectivity index (χ1n) is 9.99. The molecule has 3 amide bonds. The zero-order valence-electron chi connectivity index (χ0n) is 18.1. The molecule has 0 aliphatic carbocycles. The van der Waals surface area contributed by atoms with Gasteiger partial charge >= 0.3 is 5.97 Å². The van der Waals surface area contributed by atoms with Gasteiger partial charge in [0, 0.05) is 6.54 Å². The maximum Gasteiger partial charge on any atom is 0.326 e. The second-order valence-electron chi connectivity index (χ2n) is 7.26. The van der Waals surface area contributed by atoms with Crippen LogP contribution in [0.15, 0.2) is 4.99 Å². The summed E-state index contributed by atoms with van der Waals surface area (Å²) in [5.74, 6) is -3.70. The molecule has 13 heteroatoms. The van der Waals surface area contributed by atoms with E-state index < -0.39 is 54.5 Å². The number of amides is 3. The Morgan fingerprint density at radius 1 is 1.06 bits per heavy atom. The van der Waals surface area contributed by atoms with Gasteiger partial charge in [-0.15, -0.1) is 0 Å². The van der Waals surface area contributed by atoms with Gasteiger partial charge in [-0.2, -0.15) is 0 Å². The fraction of sp³-hybridized carbons (Fsp3) is 0.722. The van der Waals surface area contributed by atoms with E-state index in [1.165, 1.54) is 6.92 Å². The molecule has 0 radical (unpaired) electrons. The van der Waals surface area contributed by atoms with Crippen molar-refractivity contribution in [1.82, 2.24) is 16.0 Å². The molecule has 0 bridgehead atoms. The summed E-state index contributed by atoms with van der Waals surface area (Å²) in [5.41, 5.74) is 15.9. The summed E-state index contributed by atoms with van der Waals surface area (Å²) in [6.07, 6.45) is -0.154. The smallest absolute Gasteiger partial charge is 0.326 e. The van der Waals surface area contributed by atoms with Crippen LogP contribution in [0, 0.1) is 5.92 Å². The van der Waals surface area contributed by atoms with E-state index >= 15 is 0 Å². The Balaban J connectivity index is 4.97. The molecule has 0 aromatic rings. The lowest BCUT2D eigenvalue weighted by Gasteiger charge is -2.25. The van der Waals surface area contributed by atoms with Crippen LogP contribution >= 0.6 is 0 Å². The van der Waals surface area contributed by atoms with Crippen LogP contribution in [-0.4, -0.2) is 77.2 Å². The van der Waals surface area contributed by atoms with E-state index in [1.807, 2.05) is 6.92 Å². The van der Waals surface area contributed by atoms with Crippen LogP contribution in [0.5, 0.6) is 0 Å². The molecule has 0 saturated carbocycles. The summed E-state index contributed by atoms with van der Waals surface area (Å²) in [6.45, 7) is 4.62. The van der Waals surface area contributed by atoms with Crippen molar-refractivity contribution in [3.63, 3.8) is 0 Å². The average Bonchev–Trinajstić information content (AvgIpc) is 2.70. The minimum absolute atomic E-state index is 0.0896. The predicted octanol–water partition coefficient (Wildman–Crippen LogP) is -3.04. The monoisotopic (exact) mass is 445 g/mol. The van der Waals surface area contributed by atoms with Crippen LogP contribution in [0.1, 0.15) is 40.0 Å².